The lowest BCUT2D eigenvalue weighted by Crippen LogP contribution is -2.50. The highest BCUT2D eigenvalue weighted by atomic mass is 16.2. The quantitative estimate of drug-likeness (QED) is 0.879. The van der Waals surface area contributed by atoms with Crippen molar-refractivity contribution >= 4 is 11.9 Å². The second-order valence-electron chi connectivity index (χ2n) is 7.46. The monoisotopic (exact) mass is 346 g/mol. The van der Waals surface area contributed by atoms with Crippen LogP contribution in [0.1, 0.15) is 49.9 Å². The third kappa shape index (κ3) is 4.35. The molecule has 2 heterocycles. The van der Waals surface area contributed by atoms with Crippen molar-refractivity contribution < 1.29 is 9.59 Å². The van der Waals surface area contributed by atoms with Crippen molar-refractivity contribution in [3.05, 3.63) is 23.5 Å². The van der Waals surface area contributed by atoms with Gasteiger partial charge in [0.15, 0.2) is 0 Å². The van der Waals surface area contributed by atoms with Crippen LogP contribution in [0.25, 0.3) is 0 Å². The van der Waals surface area contributed by atoms with Crippen LogP contribution in [-0.4, -0.2) is 40.5 Å². The lowest BCUT2D eigenvalue weighted by molar-refractivity contribution is -0.126. The fourth-order valence-corrected chi connectivity index (χ4v) is 3.88. The molecule has 1 aromatic heterocycles. The predicted molar refractivity (Wildman–Crippen MR) is 97.1 cm³/mol. The maximum atomic E-state index is 12.5. The highest BCUT2D eigenvalue weighted by molar-refractivity contribution is 5.80. The number of urea groups is 1. The smallest absolute Gasteiger partial charge is 0.317 e. The fraction of sp³-hybridized carbons (Fsp3) is 0.684. The van der Waals surface area contributed by atoms with Crippen LogP contribution in [0.2, 0.25) is 0 Å². The molecule has 1 saturated heterocycles. The molecule has 25 heavy (non-hydrogen) atoms. The van der Waals surface area contributed by atoms with Crippen LogP contribution in [0.5, 0.6) is 0 Å². The number of piperidine rings is 1. The van der Waals surface area contributed by atoms with E-state index in [0.29, 0.717) is 19.1 Å². The minimum atomic E-state index is -0.107. The van der Waals surface area contributed by atoms with Crippen LogP contribution in [0.15, 0.2) is 12.1 Å². The summed E-state index contributed by atoms with van der Waals surface area (Å²) in [6.45, 7) is 3.86. The van der Waals surface area contributed by atoms with Gasteiger partial charge in [-0.2, -0.15) is 0 Å². The molecule has 1 aliphatic carbocycles. The molecule has 0 aromatic carbocycles. The molecule has 1 saturated carbocycles. The van der Waals surface area contributed by atoms with E-state index < -0.39 is 0 Å². The van der Waals surface area contributed by atoms with E-state index in [1.54, 1.807) is 0 Å². The van der Waals surface area contributed by atoms with Crippen molar-refractivity contribution in [1.29, 1.82) is 0 Å². The molecular formula is C19H30N4O2. The van der Waals surface area contributed by atoms with Crippen LogP contribution < -0.4 is 10.6 Å². The summed E-state index contributed by atoms with van der Waals surface area (Å²) in [4.78, 5) is 26.8. The molecule has 1 atom stereocenters. The Morgan fingerprint density at radius 3 is 2.60 bits per heavy atom. The molecule has 2 aliphatic rings. The normalized spacial score (nSPS) is 21.4. The molecule has 6 nitrogen and oxygen atoms in total. The molecule has 138 valence electrons. The van der Waals surface area contributed by atoms with Crippen LogP contribution in [-0.2, 0) is 18.4 Å². The van der Waals surface area contributed by atoms with E-state index in [1.807, 2.05) is 24.9 Å². The minimum absolute atomic E-state index is 0.00228. The first kappa shape index (κ1) is 17.8. The Labute approximate surface area is 149 Å². The van der Waals surface area contributed by atoms with E-state index in [4.69, 9.17) is 0 Å². The van der Waals surface area contributed by atoms with Gasteiger partial charge in [0.2, 0.25) is 5.91 Å². The second-order valence-corrected chi connectivity index (χ2v) is 7.46. The molecule has 2 fully saturated rings. The van der Waals surface area contributed by atoms with Crippen LogP contribution in [0.3, 0.4) is 0 Å². The van der Waals surface area contributed by atoms with Gasteiger partial charge in [0.1, 0.15) is 0 Å². The van der Waals surface area contributed by atoms with Crippen molar-refractivity contribution in [1.82, 2.24) is 20.1 Å². The van der Waals surface area contributed by atoms with E-state index in [2.05, 4.69) is 21.3 Å². The Kier molecular flexibility index (Phi) is 5.66. The van der Waals surface area contributed by atoms with Gasteiger partial charge in [-0.25, -0.2) is 4.79 Å². The van der Waals surface area contributed by atoms with Crippen LogP contribution in [0, 0.1) is 12.8 Å². The maximum Gasteiger partial charge on any atom is 0.317 e. The Hall–Kier alpha value is -1.98. The standard InChI is InChI=1S/C19H30N4O2/c1-14-9-10-17(22(14)2)12-20-18(24)15-6-5-11-23(13-15)19(25)21-16-7-3-4-8-16/h9-10,15-16H,3-8,11-13H2,1-2H3,(H,20,24)(H,21,25)/t15-/m0/s1. The van der Waals surface area contributed by atoms with Crippen LogP contribution >= 0.6 is 0 Å². The number of rotatable bonds is 4. The van der Waals surface area contributed by atoms with Crippen molar-refractivity contribution in [2.45, 2.75) is 58.0 Å². The van der Waals surface area contributed by atoms with Crippen molar-refractivity contribution in [3.63, 3.8) is 0 Å². The van der Waals surface area contributed by atoms with E-state index >= 15 is 0 Å². The Morgan fingerprint density at radius 1 is 1.16 bits per heavy atom. The lowest BCUT2D eigenvalue weighted by Gasteiger charge is -2.33. The summed E-state index contributed by atoms with van der Waals surface area (Å²) in [6.07, 6.45) is 6.31. The molecule has 3 amide bonds. The van der Waals surface area contributed by atoms with E-state index in [1.165, 1.54) is 18.5 Å². The van der Waals surface area contributed by atoms with Gasteiger partial charge in [-0.05, 0) is 44.7 Å². The summed E-state index contributed by atoms with van der Waals surface area (Å²) < 4.78 is 2.09. The first-order valence-corrected chi connectivity index (χ1v) is 9.49. The van der Waals surface area contributed by atoms with Gasteiger partial charge < -0.3 is 20.1 Å². The first-order valence-electron chi connectivity index (χ1n) is 9.49. The van der Waals surface area contributed by atoms with Crippen LogP contribution in [0.4, 0.5) is 4.79 Å². The summed E-state index contributed by atoms with van der Waals surface area (Å²) in [7, 11) is 2.01. The fourth-order valence-electron chi connectivity index (χ4n) is 3.88. The van der Waals surface area contributed by atoms with Crippen molar-refractivity contribution in [3.8, 4) is 0 Å². The molecule has 0 radical (unpaired) electrons. The minimum Gasteiger partial charge on any atom is -0.350 e. The zero-order chi connectivity index (χ0) is 17.8. The largest absolute Gasteiger partial charge is 0.350 e. The van der Waals surface area contributed by atoms with E-state index in [9.17, 15) is 9.59 Å². The summed E-state index contributed by atoms with van der Waals surface area (Å²) in [5.41, 5.74) is 2.27. The number of nitrogens with zero attached hydrogens (tertiary/aromatic N) is 2. The lowest BCUT2D eigenvalue weighted by atomic mass is 9.97. The molecule has 1 aliphatic heterocycles. The van der Waals surface area contributed by atoms with Gasteiger partial charge in [-0.1, -0.05) is 12.8 Å². The van der Waals surface area contributed by atoms with Gasteiger partial charge in [-0.15, -0.1) is 0 Å². The van der Waals surface area contributed by atoms with Crippen molar-refractivity contribution in [2.75, 3.05) is 13.1 Å². The van der Waals surface area contributed by atoms with Gasteiger partial charge in [0, 0.05) is 37.6 Å². The summed E-state index contributed by atoms with van der Waals surface area (Å²) in [5, 5.41) is 6.17. The summed E-state index contributed by atoms with van der Waals surface area (Å²) in [6, 6.07) is 4.42. The Morgan fingerprint density at radius 2 is 1.92 bits per heavy atom. The molecule has 0 bridgehead atoms. The topological polar surface area (TPSA) is 66.4 Å². The number of hydrogen-bond acceptors (Lipinski definition) is 2. The highest BCUT2D eigenvalue weighted by Crippen LogP contribution is 2.20. The molecule has 1 aromatic rings. The van der Waals surface area contributed by atoms with E-state index in [-0.39, 0.29) is 17.9 Å². The average molecular weight is 346 g/mol. The molecule has 2 N–H and O–H groups in total. The highest BCUT2D eigenvalue weighted by Gasteiger charge is 2.29. The number of aromatic nitrogens is 1. The maximum absolute atomic E-state index is 12.5. The third-order valence-corrected chi connectivity index (χ3v) is 5.68. The van der Waals surface area contributed by atoms with Gasteiger partial charge in [0.25, 0.3) is 0 Å². The molecule has 6 heteroatoms. The number of aryl methyl sites for hydroxylation is 1. The Balaban J connectivity index is 1.49. The zero-order valence-corrected chi connectivity index (χ0v) is 15.4. The number of likely N-dealkylation sites (tertiary alicyclic amines) is 1. The number of carbonyl (C=O) groups is 2. The SMILES string of the molecule is Cc1ccc(CNC(=O)[C@H]2CCCN(C(=O)NC3CCCC3)C2)n1C. The number of nitrogens with one attached hydrogen (secondary N) is 2. The molecular weight excluding hydrogens is 316 g/mol. The first-order chi connectivity index (χ1) is 12.0. The van der Waals surface area contributed by atoms with Crippen molar-refractivity contribution in [2.24, 2.45) is 13.0 Å². The number of amides is 3. The summed E-state index contributed by atoms with van der Waals surface area (Å²) in [5.74, 6) is -0.0540. The number of carbonyl (C=O) groups excluding carboxylic acids is 2. The average Bonchev–Trinajstić information content (AvgIpc) is 3.24. The van der Waals surface area contributed by atoms with E-state index in [0.717, 1.165) is 37.9 Å². The third-order valence-electron chi connectivity index (χ3n) is 5.68. The van der Waals surface area contributed by atoms with Gasteiger partial charge in [-0.3, -0.25) is 4.79 Å². The number of hydrogen-bond donors (Lipinski definition) is 2. The van der Waals surface area contributed by atoms with Gasteiger partial charge in [0.05, 0.1) is 12.5 Å². The Bertz CT molecular complexity index is 619. The molecule has 0 spiro atoms. The van der Waals surface area contributed by atoms with Gasteiger partial charge >= 0.3 is 6.03 Å². The zero-order valence-electron chi connectivity index (χ0n) is 15.4. The predicted octanol–water partition coefficient (Wildman–Crippen LogP) is 2.31. The molecule has 0 unspecified atom stereocenters. The second kappa shape index (κ2) is 7.93. The molecule has 3 rings (SSSR count). The summed E-state index contributed by atoms with van der Waals surface area (Å²) >= 11 is 0.